The van der Waals surface area contributed by atoms with E-state index in [9.17, 15) is 9.18 Å². The number of hydrogen-bond acceptors (Lipinski definition) is 4. The number of ether oxygens (including phenoxy) is 1. The molecule has 0 atom stereocenters. The monoisotopic (exact) mass is 356 g/mol. The number of carbonyl (C=O) groups excluding carboxylic acids is 1. The van der Waals surface area contributed by atoms with Crippen LogP contribution in [0.1, 0.15) is 23.2 Å². The Balaban J connectivity index is 1.69. The molecule has 1 N–H and O–H groups in total. The SMILES string of the molecule is COc1ccc(-c2ccc(C(=O)NC3CC(N=C=S)C3)c(F)c2)cc1. The van der Waals surface area contributed by atoms with Crippen molar-refractivity contribution >= 4 is 23.3 Å². The van der Waals surface area contributed by atoms with E-state index in [1.54, 1.807) is 13.2 Å². The predicted molar refractivity (Wildman–Crippen MR) is 97.7 cm³/mol. The molecule has 1 aliphatic carbocycles. The van der Waals surface area contributed by atoms with Crippen LogP contribution in [0.15, 0.2) is 47.5 Å². The van der Waals surface area contributed by atoms with Crippen molar-refractivity contribution in [3.8, 4) is 16.9 Å². The highest BCUT2D eigenvalue weighted by Crippen LogP contribution is 2.26. The largest absolute Gasteiger partial charge is 0.497 e. The molecule has 2 aromatic carbocycles. The predicted octanol–water partition coefficient (Wildman–Crippen LogP) is 3.86. The van der Waals surface area contributed by atoms with Gasteiger partial charge in [-0.15, -0.1) is 0 Å². The van der Waals surface area contributed by atoms with Gasteiger partial charge in [-0.1, -0.05) is 18.2 Å². The van der Waals surface area contributed by atoms with Gasteiger partial charge >= 0.3 is 0 Å². The van der Waals surface area contributed by atoms with E-state index in [2.05, 4.69) is 27.7 Å². The maximum absolute atomic E-state index is 14.4. The summed E-state index contributed by atoms with van der Waals surface area (Å²) in [6.45, 7) is 0. The highest BCUT2D eigenvalue weighted by atomic mass is 32.1. The molecule has 0 bridgehead atoms. The topological polar surface area (TPSA) is 50.7 Å². The second-order valence-corrected chi connectivity index (χ2v) is 6.12. The first-order valence-electron chi connectivity index (χ1n) is 7.92. The fraction of sp³-hybridized carbons (Fsp3) is 0.263. The van der Waals surface area contributed by atoms with Gasteiger partial charge < -0.3 is 10.1 Å². The third kappa shape index (κ3) is 3.92. The molecule has 4 nitrogen and oxygen atoms in total. The van der Waals surface area contributed by atoms with Gasteiger partial charge in [-0.25, -0.2) is 9.38 Å². The lowest BCUT2D eigenvalue weighted by Gasteiger charge is -2.32. The van der Waals surface area contributed by atoms with E-state index in [-0.39, 0.29) is 17.6 Å². The van der Waals surface area contributed by atoms with Gasteiger partial charge in [-0.2, -0.15) is 0 Å². The summed E-state index contributed by atoms with van der Waals surface area (Å²) in [5.41, 5.74) is 1.60. The Labute approximate surface area is 150 Å². The van der Waals surface area contributed by atoms with Crippen molar-refractivity contribution in [2.24, 2.45) is 4.99 Å². The van der Waals surface area contributed by atoms with Crippen LogP contribution in [0, 0.1) is 5.82 Å². The number of methoxy groups -OCH3 is 1. The molecule has 0 saturated heterocycles. The molecule has 0 radical (unpaired) electrons. The van der Waals surface area contributed by atoms with Gasteiger partial charge in [0.25, 0.3) is 5.91 Å². The smallest absolute Gasteiger partial charge is 0.254 e. The molecule has 3 rings (SSSR count). The first-order chi connectivity index (χ1) is 12.1. The van der Waals surface area contributed by atoms with Gasteiger partial charge in [0.1, 0.15) is 11.6 Å². The van der Waals surface area contributed by atoms with E-state index < -0.39 is 11.7 Å². The summed E-state index contributed by atoms with van der Waals surface area (Å²) >= 11 is 4.55. The Kier molecular flexibility index (Phi) is 5.22. The number of amides is 1. The van der Waals surface area contributed by atoms with Crippen LogP contribution in [-0.4, -0.2) is 30.3 Å². The van der Waals surface area contributed by atoms with Crippen molar-refractivity contribution in [3.05, 3.63) is 53.8 Å². The Hall–Kier alpha value is -2.56. The third-order valence-electron chi connectivity index (χ3n) is 4.32. The number of rotatable bonds is 5. The van der Waals surface area contributed by atoms with E-state index in [1.165, 1.54) is 12.1 Å². The van der Waals surface area contributed by atoms with Gasteiger partial charge in [0.2, 0.25) is 0 Å². The summed E-state index contributed by atoms with van der Waals surface area (Å²) in [7, 11) is 1.59. The Morgan fingerprint density at radius 2 is 1.92 bits per heavy atom. The fourth-order valence-corrected chi connectivity index (χ4v) is 2.96. The average molecular weight is 356 g/mol. The second-order valence-electron chi connectivity index (χ2n) is 5.94. The van der Waals surface area contributed by atoms with Crippen LogP contribution in [0.25, 0.3) is 11.1 Å². The van der Waals surface area contributed by atoms with Crippen LogP contribution in [0.4, 0.5) is 4.39 Å². The van der Waals surface area contributed by atoms with Gasteiger partial charge in [-0.05, 0) is 60.5 Å². The normalized spacial score (nSPS) is 18.6. The zero-order valence-corrected chi connectivity index (χ0v) is 14.5. The molecule has 1 fully saturated rings. The van der Waals surface area contributed by atoms with Crippen molar-refractivity contribution < 1.29 is 13.9 Å². The molecule has 0 aliphatic heterocycles. The maximum atomic E-state index is 14.4. The summed E-state index contributed by atoms with van der Waals surface area (Å²) in [5.74, 6) is -0.218. The van der Waals surface area contributed by atoms with Crippen molar-refractivity contribution in [3.63, 3.8) is 0 Å². The first kappa shape index (κ1) is 17.3. The number of nitrogens with zero attached hydrogens (tertiary/aromatic N) is 1. The number of benzene rings is 2. The minimum atomic E-state index is -0.543. The Bertz CT molecular complexity index is 826. The fourth-order valence-electron chi connectivity index (χ4n) is 2.81. The number of isothiocyanates is 1. The molecule has 1 aliphatic rings. The minimum Gasteiger partial charge on any atom is -0.497 e. The quantitative estimate of drug-likeness (QED) is 0.654. The molecule has 128 valence electrons. The molecule has 2 aromatic rings. The summed E-state index contributed by atoms with van der Waals surface area (Å²) in [6.07, 6.45) is 1.42. The van der Waals surface area contributed by atoms with E-state index in [4.69, 9.17) is 4.74 Å². The van der Waals surface area contributed by atoms with Gasteiger partial charge in [0.15, 0.2) is 0 Å². The molecule has 0 heterocycles. The lowest BCUT2D eigenvalue weighted by atomic mass is 9.87. The maximum Gasteiger partial charge on any atom is 0.254 e. The molecule has 25 heavy (non-hydrogen) atoms. The number of thiocarbonyl (C=S) groups is 1. The van der Waals surface area contributed by atoms with Gasteiger partial charge in [-0.3, -0.25) is 4.79 Å². The molecule has 6 heteroatoms. The zero-order chi connectivity index (χ0) is 17.8. The average Bonchev–Trinajstić information content (AvgIpc) is 2.59. The van der Waals surface area contributed by atoms with E-state index in [0.29, 0.717) is 18.4 Å². The molecular weight excluding hydrogens is 339 g/mol. The Morgan fingerprint density at radius 3 is 2.52 bits per heavy atom. The summed E-state index contributed by atoms with van der Waals surface area (Å²) < 4.78 is 19.5. The number of aliphatic imine (C=N–C) groups is 1. The van der Waals surface area contributed by atoms with E-state index >= 15 is 0 Å². The molecular formula is C19H17FN2O2S. The van der Waals surface area contributed by atoms with E-state index in [1.807, 2.05) is 24.3 Å². The van der Waals surface area contributed by atoms with Crippen molar-refractivity contribution in [1.29, 1.82) is 0 Å². The Morgan fingerprint density at radius 1 is 1.24 bits per heavy atom. The van der Waals surface area contributed by atoms with Crippen molar-refractivity contribution in [1.82, 2.24) is 5.32 Å². The summed E-state index contributed by atoms with van der Waals surface area (Å²) in [5, 5.41) is 5.16. The van der Waals surface area contributed by atoms with Crippen molar-refractivity contribution in [2.45, 2.75) is 24.9 Å². The van der Waals surface area contributed by atoms with Crippen LogP contribution >= 0.6 is 12.2 Å². The molecule has 0 spiro atoms. The standard InChI is InChI=1S/C19H17FN2O2S/c1-24-16-5-2-12(3-6-16)13-4-7-17(18(20)8-13)19(23)22-15-9-14(10-15)21-11-25/h2-8,14-15H,9-10H2,1H3,(H,22,23). The van der Waals surface area contributed by atoms with Crippen LogP contribution in [0.3, 0.4) is 0 Å². The first-order valence-corrected chi connectivity index (χ1v) is 8.33. The lowest BCUT2D eigenvalue weighted by Crippen LogP contribution is -2.46. The summed E-state index contributed by atoms with van der Waals surface area (Å²) in [4.78, 5) is 16.2. The van der Waals surface area contributed by atoms with Crippen LogP contribution in [0.2, 0.25) is 0 Å². The summed E-state index contributed by atoms with van der Waals surface area (Å²) in [6, 6.07) is 12.0. The highest BCUT2D eigenvalue weighted by Gasteiger charge is 2.30. The van der Waals surface area contributed by atoms with Crippen LogP contribution in [-0.2, 0) is 0 Å². The molecule has 1 saturated carbocycles. The van der Waals surface area contributed by atoms with E-state index in [0.717, 1.165) is 11.3 Å². The van der Waals surface area contributed by atoms with Crippen LogP contribution in [0.5, 0.6) is 5.75 Å². The number of carbonyl (C=O) groups is 1. The third-order valence-corrected chi connectivity index (χ3v) is 4.43. The number of nitrogens with one attached hydrogen (secondary N) is 1. The molecule has 0 unspecified atom stereocenters. The zero-order valence-electron chi connectivity index (χ0n) is 13.7. The highest BCUT2D eigenvalue weighted by molar-refractivity contribution is 7.78. The van der Waals surface area contributed by atoms with Gasteiger partial charge in [0.05, 0.1) is 23.9 Å². The molecule has 1 amide bonds. The van der Waals surface area contributed by atoms with Gasteiger partial charge in [0, 0.05) is 6.04 Å². The van der Waals surface area contributed by atoms with Crippen molar-refractivity contribution in [2.75, 3.05) is 7.11 Å². The lowest BCUT2D eigenvalue weighted by molar-refractivity contribution is 0.0906. The minimum absolute atomic E-state index is 0.00487. The number of hydrogen-bond donors (Lipinski definition) is 1. The molecule has 0 aromatic heterocycles. The number of halogens is 1. The second kappa shape index (κ2) is 7.55. The van der Waals surface area contributed by atoms with Crippen LogP contribution < -0.4 is 10.1 Å².